The molecule has 0 bridgehead atoms. The Balaban J connectivity index is 1.99. The molecule has 3 heteroatoms. The van der Waals surface area contributed by atoms with E-state index >= 15 is 0 Å². The van der Waals surface area contributed by atoms with Crippen molar-refractivity contribution in [1.29, 1.82) is 0 Å². The minimum absolute atomic E-state index is 0.543. The summed E-state index contributed by atoms with van der Waals surface area (Å²) < 4.78 is 0. The zero-order chi connectivity index (χ0) is 12.8. The van der Waals surface area contributed by atoms with Crippen molar-refractivity contribution in [3.8, 4) is 0 Å². The standard InChI is InChI=1S/C15H22ClNS/c16-13-8-5-9-14(10-13)18-15(11-17)12-6-3-1-2-4-7-12/h5,8-10,12,15H,1-4,6-7,11,17H2. The molecule has 1 fully saturated rings. The van der Waals surface area contributed by atoms with Crippen LogP contribution in [0.5, 0.6) is 0 Å². The summed E-state index contributed by atoms with van der Waals surface area (Å²) >= 11 is 7.95. The lowest BCUT2D eigenvalue weighted by molar-refractivity contribution is 0.445. The number of hydrogen-bond acceptors (Lipinski definition) is 2. The van der Waals surface area contributed by atoms with E-state index in [-0.39, 0.29) is 0 Å². The Hall–Kier alpha value is -0.180. The van der Waals surface area contributed by atoms with E-state index in [4.69, 9.17) is 17.3 Å². The number of thioether (sulfide) groups is 1. The highest BCUT2D eigenvalue weighted by atomic mass is 35.5. The van der Waals surface area contributed by atoms with Gasteiger partial charge in [-0.1, -0.05) is 43.4 Å². The molecule has 0 aliphatic heterocycles. The topological polar surface area (TPSA) is 26.0 Å². The highest BCUT2D eigenvalue weighted by molar-refractivity contribution is 8.00. The summed E-state index contributed by atoms with van der Waals surface area (Å²) in [5.41, 5.74) is 5.99. The average molecular weight is 284 g/mol. The molecule has 18 heavy (non-hydrogen) atoms. The van der Waals surface area contributed by atoms with Crippen LogP contribution in [0, 0.1) is 5.92 Å². The van der Waals surface area contributed by atoms with Crippen molar-refractivity contribution in [2.45, 2.75) is 48.7 Å². The predicted octanol–water partition coefficient (Wildman–Crippen LogP) is 4.73. The van der Waals surface area contributed by atoms with E-state index in [0.29, 0.717) is 5.25 Å². The molecule has 1 aromatic rings. The lowest BCUT2D eigenvalue weighted by Crippen LogP contribution is -2.26. The van der Waals surface area contributed by atoms with Crippen molar-refractivity contribution in [2.24, 2.45) is 11.7 Å². The van der Waals surface area contributed by atoms with Crippen LogP contribution in [0.3, 0.4) is 0 Å². The van der Waals surface area contributed by atoms with E-state index in [1.165, 1.54) is 43.4 Å². The van der Waals surface area contributed by atoms with E-state index in [0.717, 1.165) is 17.5 Å². The predicted molar refractivity (Wildman–Crippen MR) is 81.3 cm³/mol. The Bertz CT molecular complexity index is 361. The third-order valence-electron chi connectivity index (χ3n) is 3.74. The van der Waals surface area contributed by atoms with Gasteiger partial charge in [0.05, 0.1) is 0 Å². The van der Waals surface area contributed by atoms with Crippen LogP contribution in [0.25, 0.3) is 0 Å². The van der Waals surface area contributed by atoms with E-state index < -0.39 is 0 Å². The Morgan fingerprint density at radius 2 is 1.94 bits per heavy atom. The molecule has 0 amide bonds. The zero-order valence-corrected chi connectivity index (χ0v) is 12.3. The number of halogens is 1. The fourth-order valence-electron chi connectivity index (χ4n) is 2.73. The number of hydrogen-bond donors (Lipinski definition) is 1. The van der Waals surface area contributed by atoms with Crippen LogP contribution in [0.2, 0.25) is 5.02 Å². The maximum Gasteiger partial charge on any atom is 0.0417 e. The van der Waals surface area contributed by atoms with E-state index in [1.54, 1.807) is 0 Å². The van der Waals surface area contributed by atoms with Gasteiger partial charge in [-0.25, -0.2) is 0 Å². The summed E-state index contributed by atoms with van der Waals surface area (Å²) in [5.74, 6) is 0.779. The summed E-state index contributed by atoms with van der Waals surface area (Å²) in [4.78, 5) is 1.25. The van der Waals surface area contributed by atoms with E-state index in [1.807, 2.05) is 30.0 Å². The summed E-state index contributed by atoms with van der Waals surface area (Å²) in [5, 5.41) is 1.36. The van der Waals surface area contributed by atoms with Crippen molar-refractivity contribution in [3.05, 3.63) is 29.3 Å². The summed E-state index contributed by atoms with van der Waals surface area (Å²) in [6.07, 6.45) is 8.23. The maximum atomic E-state index is 6.04. The fourth-order valence-corrected chi connectivity index (χ4v) is 4.25. The van der Waals surface area contributed by atoms with Crippen molar-refractivity contribution in [2.75, 3.05) is 6.54 Å². The largest absolute Gasteiger partial charge is 0.329 e. The molecule has 1 nitrogen and oxygen atoms in total. The van der Waals surface area contributed by atoms with Crippen molar-refractivity contribution >= 4 is 23.4 Å². The molecule has 1 atom stereocenters. The van der Waals surface area contributed by atoms with Crippen LogP contribution in [-0.2, 0) is 0 Å². The molecule has 1 aliphatic rings. The smallest absolute Gasteiger partial charge is 0.0417 e. The van der Waals surface area contributed by atoms with Gasteiger partial charge >= 0.3 is 0 Å². The van der Waals surface area contributed by atoms with Gasteiger partial charge in [0.15, 0.2) is 0 Å². The van der Waals surface area contributed by atoms with Gasteiger partial charge in [0.2, 0.25) is 0 Å². The maximum absolute atomic E-state index is 6.04. The van der Waals surface area contributed by atoms with Gasteiger partial charge in [-0.05, 0) is 37.0 Å². The van der Waals surface area contributed by atoms with Gasteiger partial charge in [0.1, 0.15) is 0 Å². The van der Waals surface area contributed by atoms with Crippen LogP contribution < -0.4 is 5.73 Å². The zero-order valence-electron chi connectivity index (χ0n) is 10.8. The Morgan fingerprint density at radius 1 is 1.22 bits per heavy atom. The summed E-state index contributed by atoms with van der Waals surface area (Å²) in [7, 11) is 0. The minimum atomic E-state index is 0.543. The molecule has 0 heterocycles. The lowest BCUT2D eigenvalue weighted by atomic mass is 9.96. The third kappa shape index (κ3) is 4.18. The Labute approximate surface area is 119 Å². The van der Waals surface area contributed by atoms with Crippen LogP contribution in [0.4, 0.5) is 0 Å². The number of rotatable bonds is 4. The highest BCUT2D eigenvalue weighted by Gasteiger charge is 2.22. The molecule has 0 spiro atoms. The molecule has 1 aromatic carbocycles. The molecule has 1 unspecified atom stereocenters. The lowest BCUT2D eigenvalue weighted by Gasteiger charge is -2.24. The molecule has 1 saturated carbocycles. The first kappa shape index (κ1) is 14.2. The van der Waals surface area contributed by atoms with E-state index in [9.17, 15) is 0 Å². The number of benzene rings is 1. The molecule has 0 radical (unpaired) electrons. The van der Waals surface area contributed by atoms with Crippen LogP contribution in [0.1, 0.15) is 38.5 Å². The van der Waals surface area contributed by atoms with Crippen LogP contribution in [0.15, 0.2) is 29.2 Å². The first-order chi connectivity index (χ1) is 8.79. The van der Waals surface area contributed by atoms with Gasteiger partial charge in [-0.2, -0.15) is 0 Å². The normalized spacial score (nSPS) is 19.4. The van der Waals surface area contributed by atoms with E-state index in [2.05, 4.69) is 6.07 Å². The molecule has 0 saturated heterocycles. The fraction of sp³-hybridized carbons (Fsp3) is 0.600. The van der Waals surface area contributed by atoms with Gasteiger partial charge in [-0.15, -0.1) is 11.8 Å². The minimum Gasteiger partial charge on any atom is -0.329 e. The monoisotopic (exact) mass is 283 g/mol. The van der Waals surface area contributed by atoms with Gasteiger partial charge in [0, 0.05) is 21.7 Å². The second-order valence-electron chi connectivity index (χ2n) is 5.10. The molecular weight excluding hydrogens is 262 g/mol. The van der Waals surface area contributed by atoms with Crippen molar-refractivity contribution in [1.82, 2.24) is 0 Å². The Morgan fingerprint density at radius 3 is 2.56 bits per heavy atom. The summed E-state index contributed by atoms with van der Waals surface area (Å²) in [6.45, 7) is 0.766. The van der Waals surface area contributed by atoms with Gasteiger partial charge in [-0.3, -0.25) is 0 Å². The average Bonchev–Trinajstić information content (AvgIpc) is 2.65. The first-order valence-electron chi connectivity index (χ1n) is 6.92. The van der Waals surface area contributed by atoms with Gasteiger partial charge in [0.25, 0.3) is 0 Å². The second-order valence-corrected chi connectivity index (χ2v) is 6.85. The van der Waals surface area contributed by atoms with Crippen LogP contribution in [-0.4, -0.2) is 11.8 Å². The molecule has 0 aromatic heterocycles. The van der Waals surface area contributed by atoms with Crippen molar-refractivity contribution in [3.63, 3.8) is 0 Å². The molecule has 2 N–H and O–H groups in total. The molecule has 2 rings (SSSR count). The van der Waals surface area contributed by atoms with Crippen molar-refractivity contribution < 1.29 is 0 Å². The molecular formula is C15H22ClNS. The Kier molecular flexibility index (Phi) is 5.87. The van der Waals surface area contributed by atoms with Gasteiger partial charge < -0.3 is 5.73 Å². The molecule has 1 aliphatic carbocycles. The quantitative estimate of drug-likeness (QED) is 0.638. The molecule has 100 valence electrons. The number of nitrogens with two attached hydrogens (primary N) is 1. The highest BCUT2D eigenvalue weighted by Crippen LogP contribution is 2.35. The van der Waals surface area contributed by atoms with Crippen LogP contribution >= 0.6 is 23.4 Å². The SMILES string of the molecule is NCC(Sc1cccc(Cl)c1)C1CCCCCC1. The second kappa shape index (κ2) is 7.42. The third-order valence-corrected chi connectivity index (χ3v) is 5.38. The first-order valence-corrected chi connectivity index (χ1v) is 8.17. The summed E-state index contributed by atoms with van der Waals surface area (Å²) in [6, 6.07) is 8.13.